The van der Waals surface area contributed by atoms with E-state index in [4.69, 9.17) is 4.74 Å². The van der Waals surface area contributed by atoms with E-state index in [0.29, 0.717) is 32.2 Å². The van der Waals surface area contributed by atoms with Gasteiger partial charge in [0, 0.05) is 13.7 Å². The molecule has 0 aliphatic carbocycles. The molecule has 0 spiro atoms. The predicted molar refractivity (Wildman–Crippen MR) is 84.5 cm³/mol. The largest absolute Gasteiger partial charge is 0.422 e. The van der Waals surface area contributed by atoms with Gasteiger partial charge in [-0.15, -0.1) is 0 Å². The summed E-state index contributed by atoms with van der Waals surface area (Å²) in [5, 5.41) is 15.6. The molecule has 1 fully saturated rings. The summed E-state index contributed by atoms with van der Waals surface area (Å²) in [6.45, 7) is 3.07. The summed E-state index contributed by atoms with van der Waals surface area (Å²) in [4.78, 5) is 0. The molecule has 1 aliphatic heterocycles. The van der Waals surface area contributed by atoms with Crippen molar-refractivity contribution >= 4 is 6.21 Å². The van der Waals surface area contributed by atoms with Gasteiger partial charge in [-0.05, 0) is 25.7 Å². The van der Waals surface area contributed by atoms with Crippen LogP contribution in [0.3, 0.4) is 0 Å². The van der Waals surface area contributed by atoms with Gasteiger partial charge in [0.25, 0.3) is 0 Å². The molecule has 0 aromatic carbocycles. The Bertz CT molecular complexity index is 364. The highest BCUT2D eigenvalue weighted by Gasteiger charge is 2.52. The Kier molecular flexibility index (Phi) is 8.33. The number of hydrogen-bond acceptors (Lipinski definition) is 4. The van der Waals surface area contributed by atoms with Gasteiger partial charge in [0.05, 0.1) is 18.9 Å². The molecule has 136 valence electrons. The molecular formula is C16H29F3N2O2. The van der Waals surface area contributed by atoms with Gasteiger partial charge in [-0.1, -0.05) is 32.6 Å². The fourth-order valence-corrected chi connectivity index (χ4v) is 2.78. The summed E-state index contributed by atoms with van der Waals surface area (Å²) in [7, 11) is 1.56. The first-order valence-electron chi connectivity index (χ1n) is 8.44. The number of nitrogens with zero attached hydrogens (tertiary/aromatic N) is 2. The lowest BCUT2D eigenvalue weighted by atomic mass is 9.96. The van der Waals surface area contributed by atoms with Crippen LogP contribution in [0.4, 0.5) is 13.2 Å². The van der Waals surface area contributed by atoms with Crippen molar-refractivity contribution in [2.24, 2.45) is 5.10 Å². The zero-order valence-corrected chi connectivity index (χ0v) is 14.1. The zero-order valence-electron chi connectivity index (χ0n) is 14.1. The van der Waals surface area contributed by atoms with Crippen LogP contribution >= 0.6 is 0 Å². The summed E-state index contributed by atoms with van der Waals surface area (Å²) in [6.07, 6.45) is 1.29. The number of methoxy groups -OCH3 is 1. The summed E-state index contributed by atoms with van der Waals surface area (Å²) >= 11 is 0. The number of hydrazone groups is 1. The highest BCUT2D eigenvalue weighted by Crippen LogP contribution is 2.34. The molecule has 1 saturated heterocycles. The smallest absolute Gasteiger partial charge is 0.382 e. The molecule has 0 aromatic heterocycles. The minimum absolute atomic E-state index is 0.0155. The maximum atomic E-state index is 13.2. The molecule has 1 unspecified atom stereocenters. The Hall–Kier alpha value is -0.820. The van der Waals surface area contributed by atoms with Crippen molar-refractivity contribution in [1.82, 2.24) is 5.01 Å². The molecule has 0 bridgehead atoms. The van der Waals surface area contributed by atoms with E-state index in [1.54, 1.807) is 12.1 Å². The molecule has 2 atom stereocenters. The van der Waals surface area contributed by atoms with Gasteiger partial charge >= 0.3 is 6.18 Å². The van der Waals surface area contributed by atoms with Crippen LogP contribution in [0.2, 0.25) is 0 Å². The zero-order chi connectivity index (χ0) is 17.3. The van der Waals surface area contributed by atoms with E-state index in [1.165, 1.54) is 0 Å². The third kappa shape index (κ3) is 6.30. The van der Waals surface area contributed by atoms with Crippen LogP contribution in [0, 0.1) is 0 Å². The highest BCUT2D eigenvalue weighted by atomic mass is 19.4. The quantitative estimate of drug-likeness (QED) is 0.487. The first-order chi connectivity index (χ1) is 10.8. The fourth-order valence-electron chi connectivity index (χ4n) is 2.78. The van der Waals surface area contributed by atoms with Crippen LogP contribution in [-0.4, -0.2) is 54.4 Å². The predicted octanol–water partition coefficient (Wildman–Crippen LogP) is 3.74. The summed E-state index contributed by atoms with van der Waals surface area (Å²) in [5.41, 5.74) is -2.85. The number of ether oxygens (including phenoxy) is 1. The van der Waals surface area contributed by atoms with Crippen molar-refractivity contribution in [2.45, 2.75) is 76.1 Å². The summed E-state index contributed by atoms with van der Waals surface area (Å²) in [6, 6.07) is -0.0155. The van der Waals surface area contributed by atoms with E-state index in [-0.39, 0.29) is 12.5 Å². The molecule has 1 aliphatic rings. The average Bonchev–Trinajstić information content (AvgIpc) is 2.91. The number of aliphatic hydroxyl groups is 1. The lowest BCUT2D eigenvalue weighted by molar-refractivity contribution is -0.231. The van der Waals surface area contributed by atoms with Gasteiger partial charge in [-0.25, -0.2) is 0 Å². The Morgan fingerprint density at radius 3 is 2.57 bits per heavy atom. The van der Waals surface area contributed by atoms with Gasteiger partial charge in [0.2, 0.25) is 0 Å². The third-order valence-corrected chi connectivity index (χ3v) is 4.28. The first kappa shape index (κ1) is 20.2. The second kappa shape index (κ2) is 9.47. The van der Waals surface area contributed by atoms with Crippen molar-refractivity contribution < 1.29 is 23.0 Å². The van der Waals surface area contributed by atoms with Crippen molar-refractivity contribution in [3.8, 4) is 0 Å². The molecule has 1 heterocycles. The van der Waals surface area contributed by atoms with E-state index in [2.05, 4.69) is 5.10 Å². The van der Waals surface area contributed by atoms with E-state index >= 15 is 0 Å². The first-order valence-corrected chi connectivity index (χ1v) is 8.44. The van der Waals surface area contributed by atoms with E-state index in [1.807, 2.05) is 6.92 Å². The number of unbranched alkanes of at least 4 members (excludes halogenated alkanes) is 4. The van der Waals surface area contributed by atoms with Crippen molar-refractivity contribution in [1.29, 1.82) is 0 Å². The topological polar surface area (TPSA) is 45.1 Å². The summed E-state index contributed by atoms with van der Waals surface area (Å²) < 4.78 is 44.7. The molecule has 0 radical (unpaired) electrons. The second-order valence-electron chi connectivity index (χ2n) is 6.25. The molecule has 0 saturated carbocycles. The second-order valence-corrected chi connectivity index (χ2v) is 6.25. The Morgan fingerprint density at radius 1 is 1.26 bits per heavy atom. The Morgan fingerprint density at radius 2 is 1.96 bits per heavy atom. The SMILES string of the molecule is CCCCCCCC(O)(/C=N/N1CCC[C@H]1COC)C(F)(F)F. The van der Waals surface area contributed by atoms with Crippen LogP contribution < -0.4 is 0 Å². The molecule has 0 aromatic rings. The number of hydrogen-bond donors (Lipinski definition) is 1. The van der Waals surface area contributed by atoms with Crippen molar-refractivity contribution in [3.63, 3.8) is 0 Å². The van der Waals surface area contributed by atoms with Crippen LogP contribution in [0.15, 0.2) is 5.10 Å². The summed E-state index contributed by atoms with van der Waals surface area (Å²) in [5.74, 6) is 0. The maximum Gasteiger partial charge on any atom is 0.422 e. The van der Waals surface area contributed by atoms with E-state index < -0.39 is 11.8 Å². The average molecular weight is 338 g/mol. The van der Waals surface area contributed by atoms with Crippen LogP contribution in [0.5, 0.6) is 0 Å². The molecule has 7 heteroatoms. The minimum atomic E-state index is -4.71. The highest BCUT2D eigenvalue weighted by molar-refractivity contribution is 5.69. The van der Waals surface area contributed by atoms with Crippen molar-refractivity contribution in [3.05, 3.63) is 0 Å². The van der Waals surface area contributed by atoms with Gasteiger partial charge < -0.3 is 9.84 Å². The minimum Gasteiger partial charge on any atom is -0.382 e. The Balaban J connectivity index is 2.64. The van der Waals surface area contributed by atoms with Crippen LogP contribution in [-0.2, 0) is 4.74 Å². The van der Waals surface area contributed by atoms with Gasteiger partial charge in [0.1, 0.15) is 0 Å². The molecule has 23 heavy (non-hydrogen) atoms. The lowest BCUT2D eigenvalue weighted by Gasteiger charge is -2.28. The van der Waals surface area contributed by atoms with Crippen LogP contribution in [0.1, 0.15) is 58.3 Å². The van der Waals surface area contributed by atoms with Gasteiger partial charge in [-0.3, -0.25) is 5.01 Å². The lowest BCUT2D eigenvalue weighted by Crippen LogP contribution is -2.47. The normalized spacial score (nSPS) is 22.0. The number of halogens is 3. The molecule has 1 N–H and O–H groups in total. The maximum absolute atomic E-state index is 13.2. The molecule has 0 amide bonds. The van der Waals surface area contributed by atoms with Crippen LogP contribution in [0.25, 0.3) is 0 Å². The van der Waals surface area contributed by atoms with Gasteiger partial charge in [-0.2, -0.15) is 18.3 Å². The molecule has 1 rings (SSSR count). The van der Waals surface area contributed by atoms with Crippen molar-refractivity contribution in [2.75, 3.05) is 20.3 Å². The molecular weight excluding hydrogens is 309 g/mol. The Labute approximate surface area is 136 Å². The monoisotopic (exact) mass is 338 g/mol. The van der Waals surface area contributed by atoms with Gasteiger partial charge in [0.15, 0.2) is 5.60 Å². The standard InChI is InChI=1S/C16H29F3N2O2/c1-3-4-5-6-7-10-15(22,16(17,18)19)13-20-21-11-8-9-14(21)12-23-2/h13-14,22H,3-12H2,1-2H3/b20-13+/t14-,15?/m0/s1. The van der Waals surface area contributed by atoms with E-state index in [0.717, 1.165) is 32.1 Å². The number of alkyl halides is 3. The fraction of sp³-hybridized carbons (Fsp3) is 0.938. The molecule has 4 nitrogen and oxygen atoms in total. The number of rotatable bonds is 10. The van der Waals surface area contributed by atoms with E-state index in [9.17, 15) is 18.3 Å². The third-order valence-electron chi connectivity index (χ3n) is 4.28.